The molecule has 0 unspecified atom stereocenters. The SMILES string of the molecule is O=C(O)Cc1ccc(SCCSc2ccc(F)cc2)cc1. The average molecular weight is 322 g/mol. The molecule has 0 saturated heterocycles. The molecule has 5 heteroatoms. The molecule has 0 atom stereocenters. The van der Waals surface area contributed by atoms with Crippen molar-refractivity contribution in [3.8, 4) is 0 Å². The van der Waals surface area contributed by atoms with Crippen LogP contribution in [0.4, 0.5) is 4.39 Å². The Morgan fingerprint density at radius 2 is 1.38 bits per heavy atom. The molecule has 0 aliphatic heterocycles. The summed E-state index contributed by atoms with van der Waals surface area (Å²) in [5, 5.41) is 8.70. The summed E-state index contributed by atoms with van der Waals surface area (Å²) in [6.07, 6.45) is 0.0609. The van der Waals surface area contributed by atoms with Gasteiger partial charge in [0.05, 0.1) is 6.42 Å². The fourth-order valence-corrected chi connectivity index (χ4v) is 3.52. The smallest absolute Gasteiger partial charge is 0.307 e. The van der Waals surface area contributed by atoms with Crippen LogP contribution in [0.1, 0.15) is 5.56 Å². The van der Waals surface area contributed by atoms with E-state index in [0.29, 0.717) is 0 Å². The summed E-state index contributed by atoms with van der Waals surface area (Å²) in [7, 11) is 0. The number of carboxylic acid groups (broad SMARTS) is 1. The number of rotatable bonds is 7. The Labute approximate surface area is 131 Å². The number of halogens is 1. The first-order valence-corrected chi connectivity index (χ1v) is 8.42. The highest BCUT2D eigenvalue weighted by atomic mass is 32.2. The Morgan fingerprint density at radius 3 is 1.86 bits per heavy atom. The van der Waals surface area contributed by atoms with Gasteiger partial charge >= 0.3 is 5.97 Å². The second kappa shape index (κ2) is 8.10. The minimum absolute atomic E-state index is 0.0609. The van der Waals surface area contributed by atoms with Crippen molar-refractivity contribution in [1.82, 2.24) is 0 Å². The maximum absolute atomic E-state index is 12.8. The van der Waals surface area contributed by atoms with E-state index in [0.717, 1.165) is 26.9 Å². The van der Waals surface area contributed by atoms with E-state index in [2.05, 4.69) is 0 Å². The fourth-order valence-electron chi connectivity index (χ4n) is 1.73. The maximum Gasteiger partial charge on any atom is 0.307 e. The number of carboxylic acids is 1. The molecule has 0 heterocycles. The largest absolute Gasteiger partial charge is 0.481 e. The minimum atomic E-state index is -0.814. The Morgan fingerprint density at radius 1 is 0.905 bits per heavy atom. The summed E-state index contributed by atoms with van der Waals surface area (Å²) in [6.45, 7) is 0. The molecule has 0 aromatic heterocycles. The zero-order valence-corrected chi connectivity index (χ0v) is 12.9. The number of hydrogen-bond acceptors (Lipinski definition) is 3. The van der Waals surface area contributed by atoms with E-state index in [1.54, 1.807) is 35.7 Å². The predicted octanol–water partition coefficient (Wildman–Crippen LogP) is 4.34. The molecule has 1 N–H and O–H groups in total. The number of thioether (sulfide) groups is 2. The van der Waals surface area contributed by atoms with Gasteiger partial charge in [-0.25, -0.2) is 4.39 Å². The third-order valence-electron chi connectivity index (χ3n) is 2.71. The van der Waals surface area contributed by atoms with Crippen molar-refractivity contribution in [2.45, 2.75) is 16.2 Å². The Bertz CT molecular complexity index is 582. The lowest BCUT2D eigenvalue weighted by atomic mass is 10.2. The number of aliphatic carboxylic acids is 1. The average Bonchev–Trinajstić information content (AvgIpc) is 2.46. The van der Waals surface area contributed by atoms with Gasteiger partial charge in [-0.15, -0.1) is 23.5 Å². The third-order valence-corrected chi connectivity index (χ3v) is 5.00. The molecule has 21 heavy (non-hydrogen) atoms. The van der Waals surface area contributed by atoms with Crippen LogP contribution in [0.3, 0.4) is 0 Å². The molecular formula is C16H15FO2S2. The monoisotopic (exact) mass is 322 g/mol. The molecule has 0 aliphatic rings. The van der Waals surface area contributed by atoms with Crippen LogP contribution in [0, 0.1) is 5.82 Å². The van der Waals surface area contributed by atoms with E-state index < -0.39 is 5.97 Å². The lowest BCUT2D eigenvalue weighted by Crippen LogP contribution is -1.99. The quantitative estimate of drug-likeness (QED) is 0.608. The fraction of sp³-hybridized carbons (Fsp3) is 0.188. The van der Waals surface area contributed by atoms with Crippen LogP contribution >= 0.6 is 23.5 Å². The van der Waals surface area contributed by atoms with Crippen LogP contribution in [0.15, 0.2) is 58.3 Å². The third kappa shape index (κ3) is 5.81. The summed E-state index contributed by atoms with van der Waals surface area (Å²) in [5.74, 6) is 0.856. The first kappa shape index (κ1) is 15.9. The summed E-state index contributed by atoms with van der Waals surface area (Å²) in [6, 6.07) is 14.1. The van der Waals surface area contributed by atoms with Gasteiger partial charge < -0.3 is 5.11 Å². The second-order valence-electron chi connectivity index (χ2n) is 4.37. The van der Waals surface area contributed by atoms with E-state index in [-0.39, 0.29) is 12.2 Å². The van der Waals surface area contributed by atoms with Crippen molar-refractivity contribution in [2.75, 3.05) is 11.5 Å². The van der Waals surface area contributed by atoms with Crippen LogP contribution in [0.5, 0.6) is 0 Å². The Hall–Kier alpha value is -1.46. The normalized spacial score (nSPS) is 10.5. The number of benzene rings is 2. The van der Waals surface area contributed by atoms with E-state index in [9.17, 15) is 9.18 Å². The molecule has 2 rings (SSSR count). The van der Waals surface area contributed by atoms with Crippen LogP contribution in [-0.4, -0.2) is 22.6 Å². The maximum atomic E-state index is 12.8. The van der Waals surface area contributed by atoms with Crippen LogP contribution in [-0.2, 0) is 11.2 Å². The molecule has 0 saturated carbocycles. The zero-order valence-electron chi connectivity index (χ0n) is 11.3. The highest BCUT2D eigenvalue weighted by Gasteiger charge is 2.01. The molecule has 2 aromatic carbocycles. The molecule has 0 spiro atoms. The van der Waals surface area contributed by atoms with Crippen molar-refractivity contribution in [1.29, 1.82) is 0 Å². The van der Waals surface area contributed by atoms with Crippen LogP contribution in [0.2, 0.25) is 0 Å². The molecular weight excluding hydrogens is 307 g/mol. The second-order valence-corrected chi connectivity index (χ2v) is 6.70. The molecule has 0 fully saturated rings. The van der Waals surface area contributed by atoms with E-state index in [4.69, 9.17) is 5.11 Å². The molecule has 0 amide bonds. The summed E-state index contributed by atoms with van der Waals surface area (Å²) in [5.41, 5.74) is 0.813. The molecule has 0 radical (unpaired) electrons. The first-order chi connectivity index (χ1) is 10.1. The molecule has 2 nitrogen and oxygen atoms in total. The summed E-state index contributed by atoms with van der Waals surface area (Å²) >= 11 is 3.42. The van der Waals surface area contributed by atoms with Gasteiger partial charge in [0.1, 0.15) is 5.82 Å². The van der Waals surface area contributed by atoms with Gasteiger partial charge in [0.15, 0.2) is 0 Å². The highest BCUT2D eigenvalue weighted by Crippen LogP contribution is 2.23. The van der Waals surface area contributed by atoms with Crippen molar-refractivity contribution < 1.29 is 14.3 Å². The van der Waals surface area contributed by atoms with Crippen molar-refractivity contribution >= 4 is 29.5 Å². The number of carbonyl (C=O) groups is 1. The van der Waals surface area contributed by atoms with Crippen molar-refractivity contribution in [2.24, 2.45) is 0 Å². The number of hydrogen-bond donors (Lipinski definition) is 1. The lowest BCUT2D eigenvalue weighted by Gasteiger charge is -2.04. The standard InChI is InChI=1S/C16H15FO2S2/c17-13-3-7-15(8-4-13)21-10-9-20-14-5-1-12(2-6-14)11-16(18)19/h1-8H,9-11H2,(H,18,19). The molecule has 0 aliphatic carbocycles. The van der Waals surface area contributed by atoms with Gasteiger partial charge in [0, 0.05) is 21.3 Å². The van der Waals surface area contributed by atoms with Crippen LogP contribution < -0.4 is 0 Å². The first-order valence-electron chi connectivity index (χ1n) is 6.45. The molecule has 0 bridgehead atoms. The van der Waals surface area contributed by atoms with Gasteiger partial charge in [-0.2, -0.15) is 0 Å². The minimum Gasteiger partial charge on any atom is -0.481 e. The van der Waals surface area contributed by atoms with Crippen molar-refractivity contribution in [3.05, 3.63) is 59.9 Å². The van der Waals surface area contributed by atoms with Crippen molar-refractivity contribution in [3.63, 3.8) is 0 Å². The summed E-state index contributed by atoms with van der Waals surface area (Å²) in [4.78, 5) is 12.8. The van der Waals surface area contributed by atoms with E-state index in [1.165, 1.54) is 12.1 Å². The molecule has 2 aromatic rings. The zero-order chi connectivity index (χ0) is 15.1. The Kier molecular flexibility index (Phi) is 6.14. The van der Waals surface area contributed by atoms with E-state index in [1.807, 2.05) is 24.3 Å². The summed E-state index contributed by atoms with van der Waals surface area (Å²) < 4.78 is 12.8. The molecule has 110 valence electrons. The van der Waals surface area contributed by atoms with Crippen LogP contribution in [0.25, 0.3) is 0 Å². The highest BCUT2D eigenvalue weighted by molar-refractivity contribution is 8.03. The van der Waals surface area contributed by atoms with Gasteiger partial charge in [-0.1, -0.05) is 12.1 Å². The van der Waals surface area contributed by atoms with Gasteiger partial charge in [0.2, 0.25) is 0 Å². The Balaban J connectivity index is 1.73. The topological polar surface area (TPSA) is 37.3 Å². The van der Waals surface area contributed by atoms with E-state index >= 15 is 0 Å². The van der Waals surface area contributed by atoms with Gasteiger partial charge in [-0.3, -0.25) is 4.79 Å². The predicted molar refractivity (Wildman–Crippen MR) is 85.6 cm³/mol. The van der Waals surface area contributed by atoms with Gasteiger partial charge in [-0.05, 0) is 42.0 Å². The lowest BCUT2D eigenvalue weighted by molar-refractivity contribution is -0.136. The van der Waals surface area contributed by atoms with Gasteiger partial charge in [0.25, 0.3) is 0 Å².